The van der Waals surface area contributed by atoms with E-state index >= 15 is 0 Å². The third kappa shape index (κ3) is 4.67. The quantitative estimate of drug-likeness (QED) is 0.577. The van der Waals surface area contributed by atoms with Gasteiger partial charge in [0.1, 0.15) is 11.6 Å². The average molecular weight is 425 g/mol. The van der Waals surface area contributed by atoms with Crippen LogP contribution in [-0.2, 0) is 4.79 Å². The Morgan fingerprint density at radius 1 is 1.24 bits per heavy atom. The van der Waals surface area contributed by atoms with Gasteiger partial charge in [-0.05, 0) is 24.3 Å². The summed E-state index contributed by atoms with van der Waals surface area (Å²) in [5.41, 5.74) is 0.646. The maximum absolute atomic E-state index is 13.5. The largest absolute Gasteiger partial charge is 0.431 e. The van der Waals surface area contributed by atoms with Crippen molar-refractivity contribution >= 4 is 39.3 Å². The maximum Gasteiger partial charge on any atom is 0.256 e. The number of thioether (sulfide) groups is 1. The molecule has 25 heavy (non-hydrogen) atoms. The molecular formula is C17H11BrF2N2O2S. The van der Waals surface area contributed by atoms with E-state index in [1.54, 1.807) is 6.20 Å². The zero-order chi connectivity index (χ0) is 17.8. The number of oxazole rings is 1. The van der Waals surface area contributed by atoms with Gasteiger partial charge in [-0.1, -0.05) is 39.8 Å². The van der Waals surface area contributed by atoms with E-state index in [0.29, 0.717) is 11.0 Å². The Labute approximate surface area is 154 Å². The van der Waals surface area contributed by atoms with Crippen LogP contribution >= 0.6 is 27.7 Å². The molecule has 0 saturated heterocycles. The van der Waals surface area contributed by atoms with Crippen molar-refractivity contribution in [3.63, 3.8) is 0 Å². The van der Waals surface area contributed by atoms with E-state index in [1.807, 2.05) is 24.3 Å². The van der Waals surface area contributed by atoms with Crippen LogP contribution in [0.1, 0.15) is 0 Å². The third-order valence-corrected chi connectivity index (χ3v) is 4.46. The smallest absolute Gasteiger partial charge is 0.256 e. The first-order valence-corrected chi connectivity index (χ1v) is 8.88. The summed E-state index contributed by atoms with van der Waals surface area (Å²) in [6.45, 7) is 0. The Kier molecular flexibility index (Phi) is 5.50. The van der Waals surface area contributed by atoms with E-state index in [9.17, 15) is 13.6 Å². The predicted octanol–water partition coefficient (Wildman–Crippen LogP) is 5.11. The molecule has 1 N–H and O–H groups in total. The lowest BCUT2D eigenvalue weighted by Gasteiger charge is -2.05. The predicted molar refractivity (Wildman–Crippen MR) is 95.4 cm³/mol. The Balaban J connectivity index is 1.60. The molecule has 1 aromatic heterocycles. The monoisotopic (exact) mass is 424 g/mol. The number of halogens is 3. The van der Waals surface area contributed by atoms with Gasteiger partial charge in [0.25, 0.3) is 5.22 Å². The fourth-order valence-electron chi connectivity index (χ4n) is 2.01. The van der Waals surface area contributed by atoms with Crippen LogP contribution in [0.4, 0.5) is 14.5 Å². The number of nitrogens with zero attached hydrogens (tertiary/aromatic N) is 1. The number of anilines is 1. The summed E-state index contributed by atoms with van der Waals surface area (Å²) in [4.78, 5) is 16.0. The van der Waals surface area contributed by atoms with Crippen LogP contribution in [-0.4, -0.2) is 16.6 Å². The fourth-order valence-corrected chi connectivity index (χ4v) is 3.01. The molecule has 0 aliphatic carbocycles. The van der Waals surface area contributed by atoms with E-state index in [4.69, 9.17) is 4.42 Å². The lowest BCUT2D eigenvalue weighted by atomic mass is 10.2. The highest BCUT2D eigenvalue weighted by molar-refractivity contribution is 9.10. The van der Waals surface area contributed by atoms with E-state index in [-0.39, 0.29) is 11.4 Å². The molecule has 1 amide bonds. The summed E-state index contributed by atoms with van der Waals surface area (Å²) in [7, 11) is 0. The summed E-state index contributed by atoms with van der Waals surface area (Å²) in [6.07, 6.45) is 1.56. The highest BCUT2D eigenvalue weighted by Gasteiger charge is 2.12. The number of amides is 1. The zero-order valence-electron chi connectivity index (χ0n) is 12.6. The first-order chi connectivity index (χ1) is 12.0. The second kappa shape index (κ2) is 7.79. The number of hydrogen-bond donors (Lipinski definition) is 1. The van der Waals surface area contributed by atoms with E-state index < -0.39 is 17.5 Å². The maximum atomic E-state index is 13.5. The molecule has 3 rings (SSSR count). The van der Waals surface area contributed by atoms with Gasteiger partial charge in [0.15, 0.2) is 5.76 Å². The molecule has 1 heterocycles. The average Bonchev–Trinajstić information content (AvgIpc) is 3.05. The van der Waals surface area contributed by atoms with Gasteiger partial charge < -0.3 is 9.73 Å². The van der Waals surface area contributed by atoms with Crippen LogP contribution in [0.2, 0.25) is 0 Å². The topological polar surface area (TPSA) is 55.1 Å². The standard InChI is InChI=1S/C17H11BrF2N2O2S/c18-11-3-1-2-10(6-11)15-8-21-17(24-15)25-9-16(23)22-14-7-12(19)4-5-13(14)20/h1-8H,9H2,(H,22,23). The molecule has 0 radical (unpaired) electrons. The van der Waals surface area contributed by atoms with Crippen molar-refractivity contribution in [3.05, 3.63) is 64.8 Å². The Bertz CT molecular complexity index is 917. The van der Waals surface area contributed by atoms with Crippen molar-refractivity contribution in [2.45, 2.75) is 5.22 Å². The SMILES string of the molecule is O=C(CSc1ncc(-c2cccc(Br)c2)o1)Nc1cc(F)ccc1F. The Hall–Kier alpha value is -2.19. The highest BCUT2D eigenvalue weighted by atomic mass is 79.9. The number of rotatable bonds is 5. The number of nitrogens with one attached hydrogen (secondary N) is 1. The number of carbonyl (C=O) groups excluding carboxylic acids is 1. The summed E-state index contributed by atoms with van der Waals surface area (Å²) < 4.78 is 33.1. The molecule has 128 valence electrons. The lowest BCUT2D eigenvalue weighted by molar-refractivity contribution is -0.113. The van der Waals surface area contributed by atoms with Crippen LogP contribution in [0.5, 0.6) is 0 Å². The Morgan fingerprint density at radius 3 is 2.88 bits per heavy atom. The van der Waals surface area contributed by atoms with Gasteiger partial charge in [0, 0.05) is 16.1 Å². The number of hydrogen-bond acceptors (Lipinski definition) is 4. The summed E-state index contributed by atoms with van der Waals surface area (Å²) >= 11 is 4.44. The van der Waals surface area contributed by atoms with E-state index in [0.717, 1.165) is 40.0 Å². The van der Waals surface area contributed by atoms with Crippen LogP contribution < -0.4 is 5.32 Å². The summed E-state index contributed by atoms with van der Waals surface area (Å²) in [6, 6.07) is 10.4. The van der Waals surface area contributed by atoms with Crippen molar-refractivity contribution in [3.8, 4) is 11.3 Å². The van der Waals surface area contributed by atoms with Crippen molar-refractivity contribution in [2.75, 3.05) is 11.1 Å². The van der Waals surface area contributed by atoms with Gasteiger partial charge in [-0.2, -0.15) is 0 Å². The minimum Gasteiger partial charge on any atom is -0.431 e. The minimum atomic E-state index is -0.701. The molecule has 3 aromatic rings. The Morgan fingerprint density at radius 2 is 2.08 bits per heavy atom. The first-order valence-electron chi connectivity index (χ1n) is 7.11. The van der Waals surface area contributed by atoms with Gasteiger partial charge in [-0.25, -0.2) is 13.8 Å². The normalized spacial score (nSPS) is 10.7. The van der Waals surface area contributed by atoms with Crippen LogP contribution in [0, 0.1) is 11.6 Å². The van der Waals surface area contributed by atoms with Crippen LogP contribution in [0.3, 0.4) is 0 Å². The molecule has 0 atom stereocenters. The van der Waals surface area contributed by atoms with Gasteiger partial charge in [-0.3, -0.25) is 4.79 Å². The molecular weight excluding hydrogens is 414 g/mol. The van der Waals surface area contributed by atoms with Gasteiger partial charge in [0.2, 0.25) is 5.91 Å². The second-order valence-electron chi connectivity index (χ2n) is 4.96. The minimum absolute atomic E-state index is 0.0472. The fraction of sp³-hybridized carbons (Fsp3) is 0.0588. The molecule has 8 heteroatoms. The van der Waals surface area contributed by atoms with Crippen molar-refractivity contribution in [2.24, 2.45) is 0 Å². The molecule has 0 fully saturated rings. The molecule has 0 saturated carbocycles. The second-order valence-corrected chi connectivity index (χ2v) is 6.80. The molecule has 0 aliphatic heterocycles. The molecule has 4 nitrogen and oxygen atoms in total. The van der Waals surface area contributed by atoms with Crippen molar-refractivity contribution in [1.82, 2.24) is 4.98 Å². The van der Waals surface area contributed by atoms with Crippen molar-refractivity contribution in [1.29, 1.82) is 0 Å². The molecule has 2 aromatic carbocycles. The van der Waals surface area contributed by atoms with E-state index in [1.165, 1.54) is 0 Å². The summed E-state index contributed by atoms with van der Waals surface area (Å²) in [5.74, 6) is -1.30. The molecule has 0 spiro atoms. The lowest BCUT2D eigenvalue weighted by Crippen LogP contribution is -2.15. The third-order valence-electron chi connectivity index (χ3n) is 3.12. The van der Waals surface area contributed by atoms with Crippen LogP contribution in [0.25, 0.3) is 11.3 Å². The number of aromatic nitrogens is 1. The van der Waals surface area contributed by atoms with E-state index in [2.05, 4.69) is 26.2 Å². The first kappa shape index (κ1) is 17.6. The number of carbonyl (C=O) groups is 1. The van der Waals surface area contributed by atoms with Crippen LogP contribution in [0.15, 0.2) is 62.8 Å². The summed E-state index contributed by atoms with van der Waals surface area (Å²) in [5, 5.41) is 2.63. The molecule has 0 aliphatic rings. The number of benzene rings is 2. The van der Waals surface area contributed by atoms with Gasteiger partial charge in [0.05, 0.1) is 17.6 Å². The van der Waals surface area contributed by atoms with Crippen molar-refractivity contribution < 1.29 is 18.0 Å². The highest BCUT2D eigenvalue weighted by Crippen LogP contribution is 2.27. The van der Waals surface area contributed by atoms with Gasteiger partial charge in [-0.15, -0.1) is 0 Å². The van der Waals surface area contributed by atoms with Gasteiger partial charge >= 0.3 is 0 Å². The molecule has 0 unspecified atom stereocenters. The molecule has 0 bridgehead atoms. The zero-order valence-corrected chi connectivity index (χ0v) is 15.0.